The molecule has 9 aromatic rings. The van der Waals surface area contributed by atoms with E-state index >= 15 is 0 Å². The van der Waals surface area contributed by atoms with Gasteiger partial charge in [-0.1, -0.05) is 133 Å². The summed E-state index contributed by atoms with van der Waals surface area (Å²) in [7, 11) is 0. The first-order chi connectivity index (χ1) is 24.5. The summed E-state index contributed by atoms with van der Waals surface area (Å²) in [5.41, 5.74) is 6.10. The molecule has 1 heterocycles. The second-order valence-electron chi connectivity index (χ2n) is 11.4. The molecule has 8 aromatic carbocycles. The van der Waals surface area contributed by atoms with E-state index in [1.54, 1.807) is 0 Å². The van der Waals surface area contributed by atoms with Gasteiger partial charge in [0.25, 0.3) is 0 Å². The third-order valence-corrected chi connectivity index (χ3v) is 8.71. The Hall–Kier alpha value is -6.12. The van der Waals surface area contributed by atoms with Crippen molar-refractivity contribution in [3.8, 4) is 22.3 Å². The number of hydrogen-bond donors (Lipinski definition) is 0. The van der Waals surface area contributed by atoms with Crippen molar-refractivity contribution < 1.29 is 9.90 Å². The van der Waals surface area contributed by atoms with Crippen LogP contribution in [-0.4, -0.2) is 0 Å². The van der Waals surface area contributed by atoms with Crippen molar-refractivity contribution in [2.24, 2.45) is 0 Å². The van der Waals surface area contributed by atoms with Crippen LogP contribution in [-0.2, 0) is 0 Å². The third kappa shape index (κ3) is 4.35. The molecule has 0 aliphatic rings. The summed E-state index contributed by atoms with van der Waals surface area (Å²) in [4.78, 5) is 1.91. The molecule has 0 atom stereocenters. The van der Waals surface area contributed by atoms with Crippen LogP contribution >= 0.6 is 0 Å². The SMILES string of the molecule is [2H]c1c([2H])c(-c2ccccc2)c([2H])c(N(c2cccc(-c3cccc4ccccc34)c2)c2cccc3oc4c5ccccc5ccc4c23)c1[2H]. The molecule has 0 N–H and O–H groups in total. The molecule has 0 saturated carbocycles. The van der Waals surface area contributed by atoms with Crippen LogP contribution in [0.25, 0.3) is 65.7 Å². The Labute approximate surface area is 273 Å². The van der Waals surface area contributed by atoms with E-state index in [1.807, 2.05) is 89.8 Å². The average Bonchev–Trinajstić information content (AvgIpc) is 3.56. The number of fused-ring (bicyclic) bond motifs is 6. The minimum absolute atomic E-state index is 0.00742. The van der Waals surface area contributed by atoms with Crippen LogP contribution in [0.1, 0.15) is 5.48 Å². The zero-order valence-corrected chi connectivity index (χ0v) is 24.8. The first kappa shape index (κ1) is 22.4. The Kier molecular flexibility index (Phi) is 5.26. The van der Waals surface area contributed by atoms with Crippen molar-refractivity contribution in [3.63, 3.8) is 0 Å². The molecule has 2 heteroatoms. The van der Waals surface area contributed by atoms with Crippen molar-refractivity contribution in [1.29, 1.82) is 0 Å². The van der Waals surface area contributed by atoms with E-state index in [-0.39, 0.29) is 29.9 Å². The van der Waals surface area contributed by atoms with E-state index < -0.39 is 0 Å². The van der Waals surface area contributed by atoms with Crippen molar-refractivity contribution in [1.82, 2.24) is 0 Å². The molecule has 0 unspecified atom stereocenters. The minimum Gasteiger partial charge on any atom is -0.455 e. The molecular formula is C44H29NO. The molecule has 2 nitrogen and oxygen atoms in total. The molecule has 0 fully saturated rings. The van der Waals surface area contributed by atoms with Gasteiger partial charge >= 0.3 is 0 Å². The topological polar surface area (TPSA) is 16.4 Å². The van der Waals surface area contributed by atoms with Crippen molar-refractivity contribution >= 4 is 60.5 Å². The summed E-state index contributed by atoms with van der Waals surface area (Å²) in [5.74, 6) is 0. The van der Waals surface area contributed by atoms with Gasteiger partial charge in [-0.05, 0) is 80.8 Å². The van der Waals surface area contributed by atoms with Gasteiger partial charge in [-0.3, -0.25) is 0 Å². The molecule has 0 radical (unpaired) electrons. The Morgan fingerprint density at radius 2 is 1.22 bits per heavy atom. The van der Waals surface area contributed by atoms with Gasteiger partial charge in [0.05, 0.1) is 16.6 Å². The largest absolute Gasteiger partial charge is 0.455 e. The standard InChI is InChI=1S/C44H29NO/c1-2-12-30(13-3-1)33-17-8-19-35(28-33)45(36-20-9-18-34(29-36)38-23-10-16-31-14-4-6-21-37(31)38)41-24-11-25-42-43(41)40-27-26-32-15-5-7-22-39(32)44(40)46-42/h1-29H/i8D,17D,19D,28D. The number of hydrogen-bond acceptors (Lipinski definition) is 2. The molecule has 46 heavy (non-hydrogen) atoms. The maximum absolute atomic E-state index is 9.67. The zero-order valence-electron chi connectivity index (χ0n) is 28.8. The van der Waals surface area contributed by atoms with Gasteiger partial charge in [-0.2, -0.15) is 0 Å². The van der Waals surface area contributed by atoms with E-state index in [0.717, 1.165) is 54.7 Å². The Morgan fingerprint density at radius 3 is 2.11 bits per heavy atom. The highest BCUT2D eigenvalue weighted by molar-refractivity contribution is 6.19. The summed E-state index contributed by atoms with van der Waals surface area (Å²) < 4.78 is 43.5. The van der Waals surface area contributed by atoms with Gasteiger partial charge in [0.15, 0.2) is 0 Å². The number of rotatable bonds is 5. The highest BCUT2D eigenvalue weighted by Crippen LogP contribution is 2.45. The highest BCUT2D eigenvalue weighted by Gasteiger charge is 2.21. The predicted octanol–water partition coefficient (Wildman–Crippen LogP) is 12.7. The van der Waals surface area contributed by atoms with Crippen LogP contribution in [0.4, 0.5) is 17.1 Å². The summed E-state index contributed by atoms with van der Waals surface area (Å²) in [6.45, 7) is 0. The predicted molar refractivity (Wildman–Crippen MR) is 194 cm³/mol. The van der Waals surface area contributed by atoms with E-state index in [4.69, 9.17) is 7.16 Å². The maximum atomic E-state index is 9.67. The lowest BCUT2D eigenvalue weighted by Gasteiger charge is -2.27. The fraction of sp³-hybridized carbons (Fsp3) is 0. The fourth-order valence-electron chi connectivity index (χ4n) is 6.59. The van der Waals surface area contributed by atoms with Crippen LogP contribution in [0.15, 0.2) is 180 Å². The van der Waals surface area contributed by atoms with Crippen molar-refractivity contribution in [2.45, 2.75) is 0 Å². The molecule has 0 amide bonds. The van der Waals surface area contributed by atoms with Gasteiger partial charge in [0, 0.05) is 22.1 Å². The van der Waals surface area contributed by atoms with E-state index in [1.165, 1.54) is 0 Å². The van der Waals surface area contributed by atoms with E-state index in [2.05, 4.69) is 66.7 Å². The molecule has 0 saturated heterocycles. The van der Waals surface area contributed by atoms with Gasteiger partial charge in [-0.25, -0.2) is 0 Å². The second kappa shape index (κ2) is 10.8. The van der Waals surface area contributed by atoms with Crippen molar-refractivity contribution in [2.75, 3.05) is 4.90 Å². The van der Waals surface area contributed by atoms with Crippen LogP contribution in [0.3, 0.4) is 0 Å². The average molecular weight is 592 g/mol. The van der Waals surface area contributed by atoms with Gasteiger partial charge in [-0.15, -0.1) is 0 Å². The molecule has 9 rings (SSSR count). The van der Waals surface area contributed by atoms with E-state index in [9.17, 15) is 2.74 Å². The lowest BCUT2D eigenvalue weighted by molar-refractivity contribution is 0.672. The molecule has 0 aliphatic heterocycles. The summed E-state index contributed by atoms with van der Waals surface area (Å²) in [5, 5.41) is 6.07. The van der Waals surface area contributed by atoms with Crippen LogP contribution in [0.5, 0.6) is 0 Å². The molecule has 1 aromatic heterocycles. The minimum atomic E-state index is -0.236. The summed E-state index contributed by atoms with van der Waals surface area (Å²) >= 11 is 0. The number of benzene rings is 8. The maximum Gasteiger partial charge on any atom is 0.143 e. The molecule has 216 valence electrons. The second-order valence-corrected chi connectivity index (χ2v) is 11.4. The zero-order chi connectivity index (χ0) is 33.9. The summed E-state index contributed by atoms with van der Waals surface area (Å²) in [6, 6.07) is 49.6. The third-order valence-electron chi connectivity index (χ3n) is 8.71. The van der Waals surface area contributed by atoms with Gasteiger partial charge in [0.1, 0.15) is 11.2 Å². The molecular weight excluding hydrogens is 558 g/mol. The van der Waals surface area contributed by atoms with Gasteiger partial charge in [0.2, 0.25) is 0 Å². The first-order valence-corrected chi connectivity index (χ1v) is 15.4. The van der Waals surface area contributed by atoms with Crippen LogP contribution in [0, 0.1) is 0 Å². The highest BCUT2D eigenvalue weighted by atomic mass is 16.3. The van der Waals surface area contributed by atoms with Crippen molar-refractivity contribution in [3.05, 3.63) is 176 Å². The van der Waals surface area contributed by atoms with Gasteiger partial charge < -0.3 is 9.32 Å². The molecule has 0 bridgehead atoms. The molecule has 0 spiro atoms. The fourth-order valence-corrected chi connectivity index (χ4v) is 6.59. The lowest BCUT2D eigenvalue weighted by atomic mass is 9.97. The quantitative estimate of drug-likeness (QED) is 0.198. The first-order valence-electron chi connectivity index (χ1n) is 17.4. The Balaban J connectivity index is 1.38. The summed E-state index contributed by atoms with van der Waals surface area (Å²) in [6.07, 6.45) is 0. The smallest absolute Gasteiger partial charge is 0.143 e. The van der Waals surface area contributed by atoms with Crippen LogP contribution in [0.2, 0.25) is 0 Å². The van der Waals surface area contributed by atoms with Crippen LogP contribution < -0.4 is 4.90 Å². The Bertz CT molecular complexity index is 2770. The Morgan fingerprint density at radius 1 is 0.500 bits per heavy atom. The number of furan rings is 1. The number of nitrogens with zero attached hydrogens (tertiary/aromatic N) is 1. The monoisotopic (exact) mass is 591 g/mol. The van der Waals surface area contributed by atoms with E-state index in [0.29, 0.717) is 22.4 Å². The number of anilines is 3. The normalized spacial score (nSPS) is 12.7. The lowest BCUT2D eigenvalue weighted by Crippen LogP contribution is -2.10. The molecule has 0 aliphatic carbocycles.